The summed E-state index contributed by atoms with van der Waals surface area (Å²) in [5, 5.41) is 0. The molecular formula is C22H31NO3. The second-order valence-electron chi connectivity index (χ2n) is 8.35. The first-order valence-electron chi connectivity index (χ1n) is 9.33. The van der Waals surface area contributed by atoms with Crippen molar-refractivity contribution in [3.05, 3.63) is 48.6 Å². The number of amides is 1. The fourth-order valence-electron chi connectivity index (χ4n) is 3.84. The van der Waals surface area contributed by atoms with E-state index in [2.05, 4.69) is 6.58 Å². The highest BCUT2D eigenvalue weighted by Gasteiger charge is 2.42. The van der Waals surface area contributed by atoms with Gasteiger partial charge in [0.25, 0.3) is 0 Å². The van der Waals surface area contributed by atoms with Crippen LogP contribution in [0.15, 0.2) is 43.0 Å². The minimum atomic E-state index is -0.539. The molecule has 4 nitrogen and oxygen atoms in total. The third kappa shape index (κ3) is 4.54. The van der Waals surface area contributed by atoms with Crippen molar-refractivity contribution >= 4 is 12.4 Å². The third-order valence-corrected chi connectivity index (χ3v) is 5.34. The summed E-state index contributed by atoms with van der Waals surface area (Å²) in [7, 11) is 0. The Morgan fingerprint density at radius 3 is 2.23 bits per heavy atom. The minimum Gasteiger partial charge on any atom is -0.444 e. The third-order valence-electron chi connectivity index (χ3n) is 5.34. The first-order chi connectivity index (χ1) is 12.2. The Kier molecular flexibility index (Phi) is 6.27. The molecule has 1 aliphatic heterocycles. The van der Waals surface area contributed by atoms with E-state index in [1.54, 1.807) is 4.90 Å². The molecule has 1 saturated heterocycles. The lowest BCUT2D eigenvalue weighted by atomic mass is 9.63. The van der Waals surface area contributed by atoms with Gasteiger partial charge in [-0.1, -0.05) is 43.3 Å². The molecule has 0 unspecified atom stereocenters. The Labute approximate surface area is 157 Å². The molecule has 0 saturated carbocycles. The lowest BCUT2D eigenvalue weighted by Crippen LogP contribution is -2.46. The summed E-state index contributed by atoms with van der Waals surface area (Å²) in [6, 6.07) is 10.0. The van der Waals surface area contributed by atoms with Crippen LogP contribution >= 0.6 is 0 Å². The molecule has 26 heavy (non-hydrogen) atoms. The summed E-state index contributed by atoms with van der Waals surface area (Å²) in [6.45, 7) is 12.8. The molecule has 1 aromatic carbocycles. The predicted molar refractivity (Wildman–Crippen MR) is 104 cm³/mol. The number of benzene rings is 1. The van der Waals surface area contributed by atoms with Gasteiger partial charge in [-0.05, 0) is 45.1 Å². The molecule has 1 heterocycles. The molecule has 0 aromatic heterocycles. The van der Waals surface area contributed by atoms with Crippen LogP contribution in [0.4, 0.5) is 4.79 Å². The maximum Gasteiger partial charge on any atom is 0.410 e. The van der Waals surface area contributed by atoms with Gasteiger partial charge < -0.3 is 14.4 Å². The van der Waals surface area contributed by atoms with E-state index in [4.69, 9.17) is 4.74 Å². The van der Waals surface area contributed by atoms with Crippen molar-refractivity contribution in [3.63, 3.8) is 0 Å². The number of carbonyl (C=O) groups excluding carboxylic acids is 2. The number of piperidine rings is 1. The van der Waals surface area contributed by atoms with Gasteiger partial charge in [-0.3, -0.25) is 0 Å². The fraction of sp³-hybridized carbons (Fsp3) is 0.545. The van der Waals surface area contributed by atoms with Crippen molar-refractivity contribution < 1.29 is 14.3 Å². The van der Waals surface area contributed by atoms with Crippen LogP contribution in [0.3, 0.4) is 0 Å². The van der Waals surface area contributed by atoms with Crippen molar-refractivity contribution in [1.82, 2.24) is 4.90 Å². The number of nitrogens with zero attached hydrogens (tertiary/aromatic N) is 1. The molecule has 142 valence electrons. The Morgan fingerprint density at radius 1 is 1.19 bits per heavy atom. The summed E-state index contributed by atoms with van der Waals surface area (Å²) in [5.74, 6) is 0.154. The molecule has 1 aliphatic rings. The lowest BCUT2D eigenvalue weighted by molar-refractivity contribution is -0.120. The average Bonchev–Trinajstić information content (AvgIpc) is 2.61. The second-order valence-corrected chi connectivity index (χ2v) is 8.35. The number of hydrogen-bond acceptors (Lipinski definition) is 3. The number of rotatable bonds is 5. The average molecular weight is 357 g/mol. The van der Waals surface area contributed by atoms with Gasteiger partial charge in [0, 0.05) is 24.4 Å². The topological polar surface area (TPSA) is 46.6 Å². The van der Waals surface area contributed by atoms with Crippen LogP contribution in [0.5, 0.6) is 0 Å². The van der Waals surface area contributed by atoms with Crippen LogP contribution in [0.1, 0.15) is 52.0 Å². The second kappa shape index (κ2) is 8.07. The van der Waals surface area contributed by atoms with E-state index in [0.717, 1.165) is 24.7 Å². The Morgan fingerprint density at radius 2 is 1.77 bits per heavy atom. The summed E-state index contributed by atoms with van der Waals surface area (Å²) < 4.78 is 5.46. The molecule has 0 spiro atoms. The van der Waals surface area contributed by atoms with Crippen LogP contribution in [0, 0.1) is 11.3 Å². The molecular weight excluding hydrogens is 326 g/mol. The molecule has 1 fully saturated rings. The van der Waals surface area contributed by atoms with Gasteiger partial charge in [-0.25, -0.2) is 4.79 Å². The van der Waals surface area contributed by atoms with Crippen molar-refractivity contribution in [2.24, 2.45) is 11.3 Å². The normalized spacial score (nSPS) is 19.3. The first-order valence-corrected chi connectivity index (χ1v) is 9.33. The maximum atomic E-state index is 12.3. The fourth-order valence-corrected chi connectivity index (χ4v) is 3.84. The van der Waals surface area contributed by atoms with E-state index in [1.807, 2.05) is 64.1 Å². The number of ether oxygens (including phenoxy) is 1. The first kappa shape index (κ1) is 20.2. The summed E-state index contributed by atoms with van der Waals surface area (Å²) in [5.41, 5.74) is 0.0713. The van der Waals surface area contributed by atoms with Gasteiger partial charge in [-0.2, -0.15) is 0 Å². The zero-order chi connectivity index (χ0) is 19.4. The molecule has 2 rings (SSSR count). The molecule has 0 aliphatic carbocycles. The number of likely N-dealkylation sites (tertiary alicyclic amines) is 1. The number of aldehydes is 1. The number of carbonyl (C=O) groups is 2. The lowest BCUT2D eigenvalue weighted by Gasteiger charge is -2.43. The Balaban J connectivity index is 2.11. The number of hydrogen-bond donors (Lipinski definition) is 0. The van der Waals surface area contributed by atoms with Crippen LogP contribution < -0.4 is 0 Å². The van der Waals surface area contributed by atoms with Crippen molar-refractivity contribution in [3.8, 4) is 0 Å². The van der Waals surface area contributed by atoms with Gasteiger partial charge in [0.2, 0.25) is 0 Å². The van der Waals surface area contributed by atoms with E-state index in [1.165, 1.54) is 0 Å². The largest absolute Gasteiger partial charge is 0.444 e. The summed E-state index contributed by atoms with van der Waals surface area (Å²) in [4.78, 5) is 26.2. The smallest absolute Gasteiger partial charge is 0.410 e. The molecule has 0 bridgehead atoms. The van der Waals surface area contributed by atoms with Crippen LogP contribution in [0.25, 0.3) is 0 Å². The summed E-state index contributed by atoms with van der Waals surface area (Å²) in [6.07, 6.45) is 4.26. The Hall–Kier alpha value is -2.10. The van der Waals surface area contributed by atoms with E-state index in [9.17, 15) is 9.59 Å². The molecule has 0 radical (unpaired) electrons. The van der Waals surface area contributed by atoms with Crippen LogP contribution in [-0.2, 0) is 9.53 Å². The highest BCUT2D eigenvalue weighted by molar-refractivity contribution is 5.68. The molecule has 4 heteroatoms. The van der Waals surface area contributed by atoms with Gasteiger partial charge in [0.05, 0.1) is 0 Å². The highest BCUT2D eigenvalue weighted by Crippen LogP contribution is 2.45. The van der Waals surface area contributed by atoms with Crippen LogP contribution in [0.2, 0.25) is 0 Å². The van der Waals surface area contributed by atoms with E-state index < -0.39 is 11.0 Å². The molecule has 1 amide bonds. The SMILES string of the molecule is C=C[C@H](c1ccccc1)[C@@](C)(C=O)C1CCN(C(=O)OC(C)(C)C)CC1. The van der Waals surface area contributed by atoms with Crippen molar-refractivity contribution in [2.75, 3.05) is 13.1 Å². The Bertz CT molecular complexity index is 627. The van der Waals surface area contributed by atoms with E-state index in [-0.39, 0.29) is 17.9 Å². The van der Waals surface area contributed by atoms with Gasteiger partial charge in [0.15, 0.2) is 0 Å². The quantitative estimate of drug-likeness (QED) is 0.561. The van der Waals surface area contributed by atoms with E-state index in [0.29, 0.717) is 13.1 Å². The zero-order valence-electron chi connectivity index (χ0n) is 16.4. The van der Waals surface area contributed by atoms with E-state index >= 15 is 0 Å². The molecule has 1 aromatic rings. The predicted octanol–water partition coefficient (Wildman–Crippen LogP) is 4.81. The maximum absolute atomic E-state index is 12.3. The number of allylic oxidation sites excluding steroid dienone is 1. The highest BCUT2D eigenvalue weighted by atomic mass is 16.6. The van der Waals surface area contributed by atoms with Gasteiger partial charge >= 0.3 is 6.09 Å². The minimum absolute atomic E-state index is 0.0423. The van der Waals surface area contributed by atoms with Crippen LogP contribution in [-0.4, -0.2) is 36.0 Å². The monoisotopic (exact) mass is 357 g/mol. The van der Waals surface area contributed by atoms with Crippen molar-refractivity contribution in [2.45, 2.75) is 52.1 Å². The standard InChI is InChI=1S/C22H31NO3/c1-6-19(17-10-8-7-9-11-17)22(5,16-24)18-12-14-23(15-13-18)20(25)26-21(2,3)4/h6-11,16,18-19H,1,12-15H2,2-5H3/t19-,22+/m1/s1. The zero-order valence-corrected chi connectivity index (χ0v) is 16.4. The van der Waals surface area contributed by atoms with Crippen molar-refractivity contribution in [1.29, 1.82) is 0 Å². The molecule has 0 N–H and O–H groups in total. The summed E-state index contributed by atoms with van der Waals surface area (Å²) >= 11 is 0. The van der Waals surface area contributed by atoms with Gasteiger partial charge in [-0.15, -0.1) is 6.58 Å². The van der Waals surface area contributed by atoms with Gasteiger partial charge in [0.1, 0.15) is 11.9 Å². The molecule has 2 atom stereocenters.